The lowest BCUT2D eigenvalue weighted by atomic mass is 10.1. The number of fused-ring (bicyclic) bond motifs is 1. The fourth-order valence-electron chi connectivity index (χ4n) is 2.75. The van der Waals surface area contributed by atoms with Gasteiger partial charge in [-0.25, -0.2) is 9.37 Å². The molecule has 4 aromatic rings. The van der Waals surface area contributed by atoms with Crippen LogP contribution < -0.4 is 10.6 Å². The molecule has 3 N–H and O–H groups in total. The Hall–Kier alpha value is -4.20. The highest BCUT2D eigenvalue weighted by molar-refractivity contribution is 5.82. The molecule has 0 bridgehead atoms. The minimum atomic E-state index is -4.70. The minimum absolute atomic E-state index is 0.00207. The van der Waals surface area contributed by atoms with E-state index >= 15 is 0 Å². The zero-order valence-electron chi connectivity index (χ0n) is 14.9. The van der Waals surface area contributed by atoms with Crippen molar-refractivity contribution in [3.63, 3.8) is 0 Å². The number of rotatable bonds is 4. The summed E-state index contributed by atoms with van der Waals surface area (Å²) in [6, 6.07) is 9.75. The number of hydrogen-bond acceptors (Lipinski definition) is 6. The molecule has 0 atom stereocenters. The van der Waals surface area contributed by atoms with Gasteiger partial charge in [-0.15, -0.1) is 0 Å². The number of aromatic amines is 1. The summed E-state index contributed by atoms with van der Waals surface area (Å²) >= 11 is 0. The van der Waals surface area contributed by atoms with Gasteiger partial charge < -0.3 is 10.6 Å². The molecule has 2 aromatic heterocycles. The number of nitriles is 1. The molecule has 150 valence electrons. The van der Waals surface area contributed by atoms with Crippen LogP contribution in [-0.2, 0) is 6.18 Å². The molecule has 2 aromatic carbocycles. The second kappa shape index (κ2) is 7.32. The highest BCUT2D eigenvalue weighted by atomic mass is 19.4. The van der Waals surface area contributed by atoms with E-state index in [4.69, 9.17) is 5.26 Å². The molecule has 0 fully saturated rings. The summed E-state index contributed by atoms with van der Waals surface area (Å²) in [7, 11) is 0. The minimum Gasteiger partial charge on any atom is -0.338 e. The van der Waals surface area contributed by atoms with Gasteiger partial charge in [0.05, 0.1) is 35.1 Å². The summed E-state index contributed by atoms with van der Waals surface area (Å²) in [6.07, 6.45) is -2.18. The predicted molar refractivity (Wildman–Crippen MR) is 101 cm³/mol. The fraction of sp³-hybridized carbons (Fsp3) is 0.0526. The van der Waals surface area contributed by atoms with Gasteiger partial charge in [-0.3, -0.25) is 5.10 Å². The summed E-state index contributed by atoms with van der Waals surface area (Å²) in [6.45, 7) is 0. The molecule has 7 nitrogen and oxygen atoms in total. The Morgan fingerprint density at radius 1 is 1.00 bits per heavy atom. The van der Waals surface area contributed by atoms with Crippen molar-refractivity contribution < 1.29 is 17.6 Å². The van der Waals surface area contributed by atoms with Gasteiger partial charge in [0.1, 0.15) is 0 Å². The number of alkyl halides is 3. The van der Waals surface area contributed by atoms with Crippen molar-refractivity contribution in [1.82, 2.24) is 20.2 Å². The highest BCUT2D eigenvalue weighted by Gasteiger charge is 2.33. The molecule has 0 aliphatic rings. The molecular formula is C19H11F4N7. The number of anilines is 4. The Labute approximate surface area is 166 Å². The molecule has 0 aliphatic carbocycles. The molecule has 0 amide bonds. The molecule has 0 saturated heterocycles. The third-order valence-corrected chi connectivity index (χ3v) is 4.15. The van der Waals surface area contributed by atoms with Gasteiger partial charge in [0.25, 0.3) is 0 Å². The lowest BCUT2D eigenvalue weighted by molar-refractivity contribution is -0.137. The first-order valence-corrected chi connectivity index (χ1v) is 8.44. The van der Waals surface area contributed by atoms with E-state index in [1.165, 1.54) is 12.1 Å². The van der Waals surface area contributed by atoms with Gasteiger partial charge in [-0.2, -0.15) is 28.5 Å². The third kappa shape index (κ3) is 3.83. The Morgan fingerprint density at radius 3 is 2.53 bits per heavy atom. The summed E-state index contributed by atoms with van der Waals surface area (Å²) in [5.41, 5.74) is -0.358. The Kier molecular flexibility index (Phi) is 4.67. The molecule has 0 radical (unpaired) electrons. The van der Waals surface area contributed by atoms with Crippen molar-refractivity contribution in [1.29, 1.82) is 5.26 Å². The lowest BCUT2D eigenvalue weighted by Crippen LogP contribution is -2.09. The summed E-state index contributed by atoms with van der Waals surface area (Å²) in [4.78, 5) is 7.74. The van der Waals surface area contributed by atoms with Crippen LogP contribution in [0.3, 0.4) is 0 Å². The van der Waals surface area contributed by atoms with Gasteiger partial charge in [0.15, 0.2) is 11.6 Å². The normalized spacial score (nSPS) is 11.3. The third-order valence-electron chi connectivity index (χ3n) is 4.15. The maximum Gasteiger partial charge on any atom is 0.417 e. The molecule has 2 heterocycles. The van der Waals surface area contributed by atoms with E-state index in [-0.39, 0.29) is 17.5 Å². The molecule has 0 aliphatic heterocycles. The zero-order chi connectivity index (χ0) is 21.3. The Bertz CT molecular complexity index is 1270. The van der Waals surface area contributed by atoms with E-state index in [1.807, 2.05) is 0 Å². The molecule has 0 spiro atoms. The number of nitrogens with one attached hydrogen (secondary N) is 3. The number of H-pyrrole nitrogens is 1. The van der Waals surface area contributed by atoms with Crippen molar-refractivity contribution in [2.45, 2.75) is 6.18 Å². The van der Waals surface area contributed by atoms with Crippen LogP contribution in [0.4, 0.5) is 40.7 Å². The van der Waals surface area contributed by atoms with Crippen LogP contribution >= 0.6 is 0 Å². The standard InChI is InChI=1S/C19H11F4N7/c20-15-9-25-18(28-12-3-1-10(7-24)14(5-12)19(21,22)23)29-17(15)27-13-4-2-11-8-26-30-16(11)6-13/h1-6,8-9H,(H,26,30)(H2,25,27,28,29). The molecule has 0 saturated carbocycles. The van der Waals surface area contributed by atoms with Crippen molar-refractivity contribution in [2.75, 3.05) is 10.6 Å². The number of benzene rings is 2. The topological polar surface area (TPSA) is 102 Å². The maximum absolute atomic E-state index is 14.1. The summed E-state index contributed by atoms with van der Waals surface area (Å²) in [5.74, 6) is -1.04. The monoisotopic (exact) mass is 413 g/mol. The SMILES string of the molecule is N#Cc1ccc(Nc2ncc(F)c(Nc3ccc4cn[nH]c4c3)n2)cc1C(F)(F)F. The van der Waals surface area contributed by atoms with Crippen LogP contribution in [0, 0.1) is 17.1 Å². The second-order valence-electron chi connectivity index (χ2n) is 6.18. The van der Waals surface area contributed by atoms with E-state index in [0.717, 1.165) is 29.2 Å². The van der Waals surface area contributed by atoms with Gasteiger partial charge >= 0.3 is 6.18 Å². The van der Waals surface area contributed by atoms with Gasteiger partial charge in [-0.1, -0.05) is 0 Å². The largest absolute Gasteiger partial charge is 0.417 e. The van der Waals surface area contributed by atoms with E-state index in [2.05, 4.69) is 30.8 Å². The molecule has 4 rings (SSSR count). The van der Waals surface area contributed by atoms with Gasteiger partial charge in [0, 0.05) is 16.8 Å². The van der Waals surface area contributed by atoms with Crippen LogP contribution in [0.15, 0.2) is 48.8 Å². The van der Waals surface area contributed by atoms with Crippen molar-refractivity contribution in [3.05, 3.63) is 65.7 Å². The van der Waals surface area contributed by atoms with Crippen molar-refractivity contribution in [3.8, 4) is 6.07 Å². The Balaban J connectivity index is 1.61. The molecule has 11 heteroatoms. The average molecular weight is 413 g/mol. The van der Waals surface area contributed by atoms with Gasteiger partial charge in [-0.05, 0) is 36.4 Å². The van der Waals surface area contributed by atoms with Crippen molar-refractivity contribution in [2.24, 2.45) is 0 Å². The second-order valence-corrected chi connectivity index (χ2v) is 6.18. The first-order valence-electron chi connectivity index (χ1n) is 8.44. The fourth-order valence-corrected chi connectivity index (χ4v) is 2.75. The van der Waals surface area contributed by atoms with Crippen LogP contribution in [0.25, 0.3) is 10.9 Å². The van der Waals surface area contributed by atoms with E-state index in [0.29, 0.717) is 5.69 Å². The lowest BCUT2D eigenvalue weighted by Gasteiger charge is -2.12. The molecule has 0 unspecified atom stereocenters. The highest BCUT2D eigenvalue weighted by Crippen LogP contribution is 2.34. The predicted octanol–water partition coefficient (Wildman–Crippen LogP) is 4.87. The van der Waals surface area contributed by atoms with E-state index < -0.39 is 23.1 Å². The first-order chi connectivity index (χ1) is 14.3. The van der Waals surface area contributed by atoms with Gasteiger partial charge in [0.2, 0.25) is 5.95 Å². The maximum atomic E-state index is 14.1. The zero-order valence-corrected chi connectivity index (χ0v) is 14.9. The van der Waals surface area contributed by atoms with E-state index in [1.54, 1.807) is 24.4 Å². The van der Waals surface area contributed by atoms with Crippen LogP contribution in [-0.4, -0.2) is 20.2 Å². The van der Waals surface area contributed by atoms with Crippen LogP contribution in [0.1, 0.15) is 11.1 Å². The average Bonchev–Trinajstić information content (AvgIpc) is 3.18. The summed E-state index contributed by atoms with van der Waals surface area (Å²) in [5, 5.41) is 21.8. The molecule has 30 heavy (non-hydrogen) atoms. The number of aromatic nitrogens is 4. The van der Waals surface area contributed by atoms with E-state index in [9.17, 15) is 17.6 Å². The van der Waals surface area contributed by atoms with Crippen LogP contribution in [0.2, 0.25) is 0 Å². The number of halogens is 4. The summed E-state index contributed by atoms with van der Waals surface area (Å²) < 4.78 is 53.5. The number of hydrogen-bond donors (Lipinski definition) is 3. The quantitative estimate of drug-likeness (QED) is 0.413. The van der Waals surface area contributed by atoms with Crippen molar-refractivity contribution >= 4 is 34.0 Å². The Morgan fingerprint density at radius 2 is 1.77 bits per heavy atom. The smallest absolute Gasteiger partial charge is 0.338 e. The molecular weight excluding hydrogens is 402 g/mol. The number of nitrogens with zero attached hydrogens (tertiary/aromatic N) is 4. The first kappa shape index (κ1) is 19.1. The van der Waals surface area contributed by atoms with Crippen LogP contribution in [0.5, 0.6) is 0 Å².